The zero-order chi connectivity index (χ0) is 9.68. The van der Waals surface area contributed by atoms with Crippen molar-refractivity contribution in [1.29, 1.82) is 0 Å². The third-order valence-electron chi connectivity index (χ3n) is 2.21. The van der Waals surface area contributed by atoms with Gasteiger partial charge >= 0.3 is 0 Å². The van der Waals surface area contributed by atoms with E-state index < -0.39 is 0 Å². The number of hydrogen-bond donors (Lipinski definition) is 1. The van der Waals surface area contributed by atoms with E-state index in [1.54, 1.807) is 0 Å². The van der Waals surface area contributed by atoms with Crippen molar-refractivity contribution in [2.45, 2.75) is 38.7 Å². The minimum absolute atomic E-state index is 0.135. The molecular formula is C10H18N2O. The van der Waals surface area contributed by atoms with Crippen molar-refractivity contribution in [2.24, 2.45) is 7.05 Å². The van der Waals surface area contributed by atoms with Gasteiger partial charge in [-0.05, 0) is 31.7 Å². The van der Waals surface area contributed by atoms with Crippen LogP contribution in [0.4, 0.5) is 0 Å². The van der Waals surface area contributed by atoms with Crippen LogP contribution in [-0.4, -0.2) is 21.0 Å². The number of aryl methyl sites for hydroxylation is 2. The summed E-state index contributed by atoms with van der Waals surface area (Å²) < 4.78 is 1.81. The summed E-state index contributed by atoms with van der Waals surface area (Å²) in [7, 11) is 1.92. The molecule has 0 aliphatic heterocycles. The number of aliphatic hydroxyl groups excluding tert-OH is 1. The minimum Gasteiger partial charge on any atom is -0.393 e. The van der Waals surface area contributed by atoms with Crippen molar-refractivity contribution in [3.8, 4) is 0 Å². The van der Waals surface area contributed by atoms with Gasteiger partial charge in [0.15, 0.2) is 0 Å². The van der Waals surface area contributed by atoms with Crippen LogP contribution < -0.4 is 0 Å². The van der Waals surface area contributed by atoms with E-state index >= 15 is 0 Å². The van der Waals surface area contributed by atoms with Gasteiger partial charge in [-0.3, -0.25) is 4.68 Å². The normalized spacial score (nSPS) is 13.2. The Morgan fingerprint density at radius 1 is 1.62 bits per heavy atom. The van der Waals surface area contributed by atoms with Crippen LogP contribution in [0.15, 0.2) is 12.3 Å². The highest BCUT2D eigenvalue weighted by atomic mass is 16.3. The SMILES string of the molecule is CCC(O)CCCc1ccn(C)n1. The molecule has 0 saturated heterocycles. The van der Waals surface area contributed by atoms with Gasteiger partial charge in [0.2, 0.25) is 0 Å². The lowest BCUT2D eigenvalue weighted by molar-refractivity contribution is 0.157. The molecule has 0 aliphatic rings. The van der Waals surface area contributed by atoms with Gasteiger partial charge in [0, 0.05) is 13.2 Å². The summed E-state index contributed by atoms with van der Waals surface area (Å²) in [4.78, 5) is 0. The number of aromatic nitrogens is 2. The Hall–Kier alpha value is -0.830. The monoisotopic (exact) mass is 182 g/mol. The molecule has 3 heteroatoms. The van der Waals surface area contributed by atoms with E-state index in [1.807, 2.05) is 30.9 Å². The molecule has 1 heterocycles. The average Bonchev–Trinajstić information content (AvgIpc) is 2.51. The summed E-state index contributed by atoms with van der Waals surface area (Å²) in [6.07, 6.45) is 5.54. The molecule has 0 fully saturated rings. The molecule has 0 aromatic carbocycles. The highest BCUT2D eigenvalue weighted by Gasteiger charge is 2.01. The van der Waals surface area contributed by atoms with Crippen LogP contribution >= 0.6 is 0 Å². The first-order valence-corrected chi connectivity index (χ1v) is 4.89. The molecule has 1 rings (SSSR count). The molecular weight excluding hydrogens is 164 g/mol. The summed E-state index contributed by atoms with van der Waals surface area (Å²) in [5, 5.41) is 13.6. The Kier molecular flexibility index (Phi) is 3.96. The van der Waals surface area contributed by atoms with Crippen LogP contribution in [-0.2, 0) is 13.5 Å². The summed E-state index contributed by atoms with van der Waals surface area (Å²) >= 11 is 0. The van der Waals surface area contributed by atoms with Gasteiger partial charge in [0.1, 0.15) is 0 Å². The molecule has 0 amide bonds. The van der Waals surface area contributed by atoms with Crippen LogP contribution in [0.2, 0.25) is 0 Å². The van der Waals surface area contributed by atoms with Gasteiger partial charge in [0.05, 0.1) is 11.8 Å². The van der Waals surface area contributed by atoms with E-state index in [0.29, 0.717) is 0 Å². The van der Waals surface area contributed by atoms with Crippen molar-refractivity contribution in [1.82, 2.24) is 9.78 Å². The Labute approximate surface area is 79.4 Å². The summed E-state index contributed by atoms with van der Waals surface area (Å²) in [5.41, 5.74) is 1.12. The van der Waals surface area contributed by atoms with Gasteiger partial charge < -0.3 is 5.11 Å². The maximum Gasteiger partial charge on any atom is 0.0624 e. The summed E-state index contributed by atoms with van der Waals surface area (Å²) in [6.45, 7) is 2.01. The molecule has 1 atom stereocenters. The molecule has 1 aromatic heterocycles. The number of aliphatic hydroxyl groups is 1. The van der Waals surface area contributed by atoms with E-state index in [4.69, 9.17) is 0 Å². The summed E-state index contributed by atoms with van der Waals surface area (Å²) in [5.74, 6) is 0. The molecule has 0 aliphatic carbocycles. The number of rotatable bonds is 5. The molecule has 3 nitrogen and oxygen atoms in total. The van der Waals surface area contributed by atoms with Crippen LogP contribution in [0.25, 0.3) is 0 Å². The lowest BCUT2D eigenvalue weighted by atomic mass is 10.1. The average molecular weight is 182 g/mol. The van der Waals surface area contributed by atoms with Crippen molar-refractivity contribution in [2.75, 3.05) is 0 Å². The topological polar surface area (TPSA) is 38.0 Å². The Balaban J connectivity index is 2.20. The highest BCUT2D eigenvalue weighted by Crippen LogP contribution is 2.06. The van der Waals surface area contributed by atoms with E-state index in [9.17, 15) is 5.11 Å². The Morgan fingerprint density at radius 3 is 2.92 bits per heavy atom. The molecule has 0 radical (unpaired) electrons. The van der Waals surface area contributed by atoms with Crippen molar-refractivity contribution in [3.63, 3.8) is 0 Å². The predicted molar refractivity (Wildman–Crippen MR) is 52.4 cm³/mol. The largest absolute Gasteiger partial charge is 0.393 e. The van der Waals surface area contributed by atoms with Gasteiger partial charge in [-0.15, -0.1) is 0 Å². The van der Waals surface area contributed by atoms with Gasteiger partial charge in [0.25, 0.3) is 0 Å². The van der Waals surface area contributed by atoms with Crippen LogP contribution in [0.3, 0.4) is 0 Å². The van der Waals surface area contributed by atoms with E-state index in [0.717, 1.165) is 31.4 Å². The summed E-state index contributed by atoms with van der Waals surface area (Å²) in [6, 6.07) is 2.03. The van der Waals surface area contributed by atoms with Gasteiger partial charge in [-0.1, -0.05) is 6.92 Å². The molecule has 0 saturated carbocycles. The fourth-order valence-electron chi connectivity index (χ4n) is 1.32. The maximum atomic E-state index is 9.32. The van der Waals surface area contributed by atoms with E-state index in [-0.39, 0.29) is 6.10 Å². The Morgan fingerprint density at radius 2 is 2.38 bits per heavy atom. The second-order valence-electron chi connectivity index (χ2n) is 3.44. The third kappa shape index (κ3) is 3.59. The zero-order valence-electron chi connectivity index (χ0n) is 8.40. The maximum absolute atomic E-state index is 9.32. The van der Waals surface area contributed by atoms with Crippen LogP contribution in [0.5, 0.6) is 0 Å². The standard InChI is InChI=1S/C10H18N2O/c1-3-10(13)6-4-5-9-7-8-12(2)11-9/h7-8,10,13H,3-6H2,1-2H3. The van der Waals surface area contributed by atoms with Crippen LogP contribution in [0, 0.1) is 0 Å². The quantitative estimate of drug-likeness (QED) is 0.749. The Bertz CT molecular complexity index is 245. The molecule has 1 unspecified atom stereocenters. The van der Waals surface area contributed by atoms with Crippen molar-refractivity contribution >= 4 is 0 Å². The number of hydrogen-bond acceptors (Lipinski definition) is 2. The van der Waals surface area contributed by atoms with Gasteiger partial charge in [-0.2, -0.15) is 5.10 Å². The second kappa shape index (κ2) is 5.02. The zero-order valence-corrected chi connectivity index (χ0v) is 8.40. The van der Waals surface area contributed by atoms with E-state index in [2.05, 4.69) is 5.10 Å². The minimum atomic E-state index is -0.135. The van der Waals surface area contributed by atoms with Gasteiger partial charge in [-0.25, -0.2) is 0 Å². The van der Waals surface area contributed by atoms with E-state index in [1.165, 1.54) is 0 Å². The molecule has 74 valence electrons. The predicted octanol–water partition coefficient (Wildman–Crippen LogP) is 1.51. The molecule has 1 N–H and O–H groups in total. The lowest BCUT2D eigenvalue weighted by Crippen LogP contribution is -2.04. The van der Waals surface area contributed by atoms with Crippen molar-refractivity contribution in [3.05, 3.63) is 18.0 Å². The molecule has 1 aromatic rings. The first kappa shape index (κ1) is 10.3. The first-order valence-electron chi connectivity index (χ1n) is 4.89. The number of nitrogens with zero attached hydrogens (tertiary/aromatic N) is 2. The third-order valence-corrected chi connectivity index (χ3v) is 2.21. The second-order valence-corrected chi connectivity index (χ2v) is 3.44. The molecule has 13 heavy (non-hydrogen) atoms. The fraction of sp³-hybridized carbons (Fsp3) is 0.700. The smallest absolute Gasteiger partial charge is 0.0624 e. The lowest BCUT2D eigenvalue weighted by Gasteiger charge is -2.05. The van der Waals surface area contributed by atoms with Crippen molar-refractivity contribution < 1.29 is 5.11 Å². The fourth-order valence-corrected chi connectivity index (χ4v) is 1.32. The first-order chi connectivity index (χ1) is 6.22. The molecule has 0 spiro atoms. The van der Waals surface area contributed by atoms with Crippen LogP contribution in [0.1, 0.15) is 31.9 Å². The molecule has 0 bridgehead atoms. The highest BCUT2D eigenvalue weighted by molar-refractivity contribution is 4.98.